The van der Waals surface area contributed by atoms with Crippen molar-refractivity contribution in [1.82, 2.24) is 9.97 Å². The zero-order valence-electron chi connectivity index (χ0n) is 18.1. The summed E-state index contributed by atoms with van der Waals surface area (Å²) in [6.07, 6.45) is 4.41. The molecule has 170 valence electrons. The molecule has 3 aliphatic rings. The fourth-order valence-electron chi connectivity index (χ4n) is 4.83. The molecule has 7 nitrogen and oxygen atoms in total. The van der Waals surface area contributed by atoms with Gasteiger partial charge in [0, 0.05) is 36.2 Å². The van der Waals surface area contributed by atoms with Crippen LogP contribution >= 0.6 is 0 Å². The Morgan fingerprint density at radius 3 is 2.70 bits per heavy atom. The molecule has 1 atom stereocenters. The van der Waals surface area contributed by atoms with Gasteiger partial charge in [0.2, 0.25) is 0 Å². The normalized spacial score (nSPS) is 20.0. The van der Waals surface area contributed by atoms with Gasteiger partial charge in [0.05, 0.1) is 25.4 Å². The van der Waals surface area contributed by atoms with Crippen molar-refractivity contribution in [3.8, 4) is 5.75 Å². The molecule has 2 N–H and O–H groups in total. The van der Waals surface area contributed by atoms with Crippen molar-refractivity contribution in [2.24, 2.45) is 0 Å². The summed E-state index contributed by atoms with van der Waals surface area (Å²) in [5.41, 5.74) is 3.97. The van der Waals surface area contributed by atoms with E-state index in [1.807, 2.05) is 6.07 Å². The van der Waals surface area contributed by atoms with Crippen molar-refractivity contribution in [2.45, 2.75) is 30.7 Å². The van der Waals surface area contributed by atoms with E-state index >= 15 is 0 Å². The molecule has 2 fully saturated rings. The number of nitrogens with zero attached hydrogens (tertiary/aromatic N) is 3. The summed E-state index contributed by atoms with van der Waals surface area (Å²) in [5, 5.41) is 8.40. The maximum absolute atomic E-state index is 13.8. The molecule has 2 aliphatic heterocycles. The number of nitrogens with one attached hydrogen (secondary N) is 2. The lowest BCUT2D eigenvalue weighted by molar-refractivity contribution is 0.156. The Bertz CT molecular complexity index is 1210. The Kier molecular flexibility index (Phi) is 4.62. The maximum atomic E-state index is 13.8. The van der Waals surface area contributed by atoms with Gasteiger partial charge in [-0.3, -0.25) is 4.84 Å². The van der Waals surface area contributed by atoms with Gasteiger partial charge in [-0.25, -0.2) is 23.8 Å². The Hall–Kier alpha value is -3.46. The molecule has 9 heteroatoms. The van der Waals surface area contributed by atoms with Gasteiger partial charge in [0.15, 0.2) is 5.82 Å². The predicted molar refractivity (Wildman–Crippen MR) is 120 cm³/mol. The van der Waals surface area contributed by atoms with Crippen LogP contribution in [0, 0.1) is 11.6 Å². The summed E-state index contributed by atoms with van der Waals surface area (Å²) in [5.74, 6) is 0.556. The molecule has 1 spiro atoms. The first-order chi connectivity index (χ1) is 16.0. The molecule has 1 unspecified atom stereocenters. The third-order valence-corrected chi connectivity index (χ3v) is 6.70. The second-order valence-corrected chi connectivity index (χ2v) is 8.78. The van der Waals surface area contributed by atoms with Gasteiger partial charge in [-0.1, -0.05) is 0 Å². The molecule has 6 rings (SSSR count). The summed E-state index contributed by atoms with van der Waals surface area (Å²) in [6, 6.07) is 9.05. The van der Waals surface area contributed by atoms with Crippen LogP contribution in [0.1, 0.15) is 36.4 Å². The Morgan fingerprint density at radius 2 is 1.94 bits per heavy atom. The number of rotatable bonds is 5. The van der Waals surface area contributed by atoms with Crippen molar-refractivity contribution in [2.75, 3.05) is 36.0 Å². The fraction of sp³-hybridized carbons (Fsp3) is 0.333. The number of ether oxygens (including phenoxy) is 1. The second-order valence-electron chi connectivity index (χ2n) is 8.78. The summed E-state index contributed by atoms with van der Waals surface area (Å²) < 4.78 is 33.2. The highest BCUT2D eigenvalue weighted by Gasteiger charge is 2.49. The number of anilines is 4. The van der Waals surface area contributed by atoms with Crippen molar-refractivity contribution >= 4 is 23.0 Å². The minimum Gasteiger partial charge on any atom is -0.495 e. The number of hydroxylamine groups is 1. The van der Waals surface area contributed by atoms with E-state index in [1.165, 1.54) is 36.9 Å². The van der Waals surface area contributed by atoms with Gasteiger partial charge < -0.3 is 15.4 Å². The molecule has 1 aliphatic carbocycles. The summed E-state index contributed by atoms with van der Waals surface area (Å²) in [7, 11) is 1.65. The van der Waals surface area contributed by atoms with Crippen molar-refractivity contribution in [3.63, 3.8) is 0 Å². The van der Waals surface area contributed by atoms with E-state index < -0.39 is 11.6 Å². The van der Waals surface area contributed by atoms with Crippen LogP contribution < -0.4 is 20.4 Å². The average molecular weight is 451 g/mol. The topological polar surface area (TPSA) is 71.5 Å². The monoisotopic (exact) mass is 451 g/mol. The highest BCUT2D eigenvalue weighted by atomic mass is 19.1. The largest absolute Gasteiger partial charge is 0.495 e. The van der Waals surface area contributed by atoms with E-state index in [0.29, 0.717) is 30.2 Å². The molecule has 3 aromatic rings. The first-order valence-corrected chi connectivity index (χ1v) is 11.0. The Balaban J connectivity index is 1.29. The summed E-state index contributed by atoms with van der Waals surface area (Å²) in [4.78, 5) is 14.4. The van der Waals surface area contributed by atoms with E-state index in [1.54, 1.807) is 18.2 Å². The predicted octanol–water partition coefficient (Wildman–Crippen LogP) is 4.85. The summed E-state index contributed by atoms with van der Waals surface area (Å²) >= 11 is 0. The van der Waals surface area contributed by atoms with Crippen LogP contribution in [0.15, 0.2) is 42.7 Å². The molecule has 1 aromatic heterocycles. The standard InChI is InChI=1S/C24H23F2N5O2/c1-32-21-9-17-18(27-12-24(17)3-4-24)10-19(21)30-22-11-23(29-13-28-22)31-20(2-5-33-31)14-6-15(25)8-16(26)7-14/h6-11,13,20,27H,2-5,12H2,1H3,(H,28,29,30). The van der Waals surface area contributed by atoms with Crippen molar-refractivity contribution in [1.29, 1.82) is 0 Å². The van der Waals surface area contributed by atoms with Crippen LogP contribution in [0.2, 0.25) is 0 Å². The maximum Gasteiger partial charge on any atom is 0.158 e. The highest BCUT2D eigenvalue weighted by molar-refractivity contribution is 5.76. The smallest absolute Gasteiger partial charge is 0.158 e. The van der Waals surface area contributed by atoms with Gasteiger partial charge in [-0.05, 0) is 48.2 Å². The van der Waals surface area contributed by atoms with E-state index in [-0.39, 0.29) is 11.5 Å². The van der Waals surface area contributed by atoms with Crippen LogP contribution in [0.4, 0.5) is 31.8 Å². The van der Waals surface area contributed by atoms with Gasteiger partial charge in [-0.2, -0.15) is 0 Å². The van der Waals surface area contributed by atoms with Gasteiger partial charge >= 0.3 is 0 Å². The molecular weight excluding hydrogens is 428 g/mol. The zero-order valence-corrected chi connectivity index (χ0v) is 18.1. The number of benzene rings is 2. The van der Waals surface area contributed by atoms with Gasteiger partial charge in [-0.15, -0.1) is 0 Å². The molecule has 0 bridgehead atoms. The number of aromatic nitrogens is 2. The van der Waals surface area contributed by atoms with E-state index in [9.17, 15) is 8.78 Å². The van der Waals surface area contributed by atoms with Crippen molar-refractivity contribution < 1.29 is 18.4 Å². The van der Waals surface area contributed by atoms with Gasteiger partial charge in [0.1, 0.15) is 29.5 Å². The zero-order chi connectivity index (χ0) is 22.6. The molecule has 2 aromatic carbocycles. The molecular formula is C24H23F2N5O2. The third kappa shape index (κ3) is 3.52. The molecule has 3 heterocycles. The summed E-state index contributed by atoms with van der Waals surface area (Å²) in [6.45, 7) is 1.38. The first kappa shape index (κ1) is 20.2. The van der Waals surface area contributed by atoms with Crippen LogP contribution in [-0.4, -0.2) is 30.2 Å². The van der Waals surface area contributed by atoms with Crippen LogP contribution in [-0.2, 0) is 10.3 Å². The molecule has 0 amide bonds. The second kappa shape index (κ2) is 7.55. The molecule has 33 heavy (non-hydrogen) atoms. The Labute approximate surface area is 189 Å². The molecule has 1 saturated heterocycles. The SMILES string of the molecule is COc1cc2c(cc1Nc1cc(N3OCCC3c3cc(F)cc(F)c3)ncn1)NCC21CC1. The van der Waals surface area contributed by atoms with Crippen LogP contribution in [0.5, 0.6) is 5.75 Å². The minimum absolute atomic E-state index is 0.266. The lowest BCUT2D eigenvalue weighted by atomic mass is 9.98. The quantitative estimate of drug-likeness (QED) is 0.575. The van der Waals surface area contributed by atoms with Crippen LogP contribution in [0.25, 0.3) is 0 Å². The van der Waals surface area contributed by atoms with E-state index in [0.717, 1.165) is 29.7 Å². The van der Waals surface area contributed by atoms with Gasteiger partial charge in [0.25, 0.3) is 0 Å². The number of methoxy groups -OCH3 is 1. The van der Waals surface area contributed by atoms with Crippen molar-refractivity contribution in [3.05, 3.63) is 65.5 Å². The number of hydrogen-bond acceptors (Lipinski definition) is 7. The lowest BCUT2D eigenvalue weighted by Crippen LogP contribution is -2.22. The fourth-order valence-corrected chi connectivity index (χ4v) is 4.83. The lowest BCUT2D eigenvalue weighted by Gasteiger charge is -2.24. The van der Waals surface area contributed by atoms with E-state index in [4.69, 9.17) is 9.57 Å². The number of fused-ring (bicyclic) bond motifs is 2. The third-order valence-electron chi connectivity index (χ3n) is 6.70. The Morgan fingerprint density at radius 1 is 1.12 bits per heavy atom. The molecule has 1 saturated carbocycles. The van der Waals surface area contributed by atoms with Crippen LogP contribution in [0.3, 0.4) is 0 Å². The first-order valence-electron chi connectivity index (χ1n) is 11.0. The number of hydrogen-bond donors (Lipinski definition) is 2. The minimum atomic E-state index is -0.618. The van der Waals surface area contributed by atoms with E-state index in [2.05, 4.69) is 26.7 Å². The number of halogens is 2. The molecule has 0 radical (unpaired) electrons. The highest BCUT2D eigenvalue weighted by Crippen LogP contribution is 2.56. The average Bonchev–Trinajstić information content (AvgIpc) is 3.27.